The molecule has 1 amide bonds. The summed E-state index contributed by atoms with van der Waals surface area (Å²) in [5.41, 5.74) is 2.74. The zero-order chi connectivity index (χ0) is 9.68. The van der Waals surface area contributed by atoms with Gasteiger partial charge < -0.3 is 4.74 Å². The SMILES string of the molecule is CCOC(=O)Nn1cccc1C=O. The van der Waals surface area contributed by atoms with Gasteiger partial charge in [0.05, 0.1) is 6.61 Å². The number of aromatic nitrogens is 1. The molecule has 1 aromatic heterocycles. The highest BCUT2D eigenvalue weighted by Crippen LogP contribution is 1.95. The maximum absolute atomic E-state index is 10.9. The van der Waals surface area contributed by atoms with E-state index >= 15 is 0 Å². The molecule has 5 heteroatoms. The van der Waals surface area contributed by atoms with Gasteiger partial charge in [-0.1, -0.05) is 0 Å². The van der Waals surface area contributed by atoms with Gasteiger partial charge in [-0.2, -0.15) is 0 Å². The number of rotatable bonds is 3. The lowest BCUT2D eigenvalue weighted by Crippen LogP contribution is -2.24. The fourth-order valence-corrected chi connectivity index (χ4v) is 0.854. The van der Waals surface area contributed by atoms with Gasteiger partial charge in [0.25, 0.3) is 0 Å². The summed E-state index contributed by atoms with van der Waals surface area (Å²) in [6.45, 7) is 2.00. The maximum Gasteiger partial charge on any atom is 0.426 e. The van der Waals surface area contributed by atoms with Crippen LogP contribution in [0.3, 0.4) is 0 Å². The minimum atomic E-state index is -0.582. The Balaban J connectivity index is 2.62. The predicted octanol–water partition coefficient (Wildman–Crippen LogP) is 1.00. The second-order valence-corrected chi connectivity index (χ2v) is 2.25. The van der Waals surface area contributed by atoms with Crippen LogP contribution in [-0.4, -0.2) is 23.7 Å². The first kappa shape index (κ1) is 9.31. The Morgan fingerprint density at radius 3 is 3.15 bits per heavy atom. The summed E-state index contributed by atoms with van der Waals surface area (Å²) in [5.74, 6) is 0. The Bertz CT molecular complexity index is 306. The van der Waals surface area contributed by atoms with Crippen molar-refractivity contribution in [2.24, 2.45) is 0 Å². The minimum absolute atomic E-state index is 0.295. The van der Waals surface area contributed by atoms with Crippen LogP contribution in [0.1, 0.15) is 17.4 Å². The van der Waals surface area contributed by atoms with Crippen LogP contribution in [0.2, 0.25) is 0 Å². The number of amides is 1. The maximum atomic E-state index is 10.9. The first-order valence-corrected chi connectivity index (χ1v) is 3.84. The summed E-state index contributed by atoms with van der Waals surface area (Å²) < 4.78 is 5.92. The van der Waals surface area contributed by atoms with Gasteiger partial charge in [0.15, 0.2) is 6.29 Å². The van der Waals surface area contributed by atoms with E-state index in [4.69, 9.17) is 0 Å². The van der Waals surface area contributed by atoms with Crippen molar-refractivity contribution < 1.29 is 14.3 Å². The Hall–Kier alpha value is -1.78. The smallest absolute Gasteiger partial charge is 0.426 e. The van der Waals surface area contributed by atoms with Crippen LogP contribution < -0.4 is 5.43 Å². The predicted molar refractivity (Wildman–Crippen MR) is 46.2 cm³/mol. The van der Waals surface area contributed by atoms with Crippen molar-refractivity contribution in [3.8, 4) is 0 Å². The number of carbonyl (C=O) groups excluding carboxylic acids is 2. The van der Waals surface area contributed by atoms with E-state index in [2.05, 4.69) is 10.2 Å². The van der Waals surface area contributed by atoms with E-state index in [0.29, 0.717) is 18.6 Å². The monoisotopic (exact) mass is 182 g/mol. The lowest BCUT2D eigenvalue weighted by atomic mass is 10.5. The van der Waals surface area contributed by atoms with Crippen molar-refractivity contribution in [1.82, 2.24) is 4.68 Å². The lowest BCUT2D eigenvalue weighted by Gasteiger charge is -2.06. The first-order chi connectivity index (χ1) is 6.27. The first-order valence-electron chi connectivity index (χ1n) is 3.84. The second kappa shape index (κ2) is 4.30. The largest absolute Gasteiger partial charge is 0.449 e. The summed E-state index contributed by atoms with van der Waals surface area (Å²) in [4.78, 5) is 21.3. The fraction of sp³-hybridized carbons (Fsp3) is 0.250. The van der Waals surface area contributed by atoms with E-state index < -0.39 is 6.09 Å². The molecule has 1 aromatic rings. The zero-order valence-corrected chi connectivity index (χ0v) is 7.19. The number of ether oxygens (including phenoxy) is 1. The number of aldehydes is 1. The van der Waals surface area contributed by atoms with Gasteiger partial charge >= 0.3 is 6.09 Å². The Kier molecular flexibility index (Phi) is 3.08. The van der Waals surface area contributed by atoms with E-state index in [1.54, 1.807) is 25.3 Å². The number of hydrogen-bond acceptors (Lipinski definition) is 3. The van der Waals surface area contributed by atoms with E-state index in [1.807, 2.05) is 0 Å². The molecule has 0 aliphatic heterocycles. The van der Waals surface area contributed by atoms with Gasteiger partial charge in [-0.15, -0.1) is 0 Å². The third kappa shape index (κ3) is 2.33. The Morgan fingerprint density at radius 1 is 1.77 bits per heavy atom. The number of nitrogens with one attached hydrogen (secondary N) is 1. The topological polar surface area (TPSA) is 60.3 Å². The van der Waals surface area contributed by atoms with Gasteiger partial charge in [-0.25, -0.2) is 10.2 Å². The van der Waals surface area contributed by atoms with Crippen LogP contribution in [-0.2, 0) is 4.74 Å². The summed E-state index contributed by atoms with van der Waals surface area (Å²) in [6, 6.07) is 3.23. The van der Waals surface area contributed by atoms with Crippen molar-refractivity contribution in [2.45, 2.75) is 6.92 Å². The molecule has 0 spiro atoms. The number of hydrogen-bond donors (Lipinski definition) is 1. The van der Waals surface area contributed by atoms with Gasteiger partial charge in [0.2, 0.25) is 0 Å². The summed E-state index contributed by atoms with van der Waals surface area (Å²) in [6.07, 6.45) is 1.62. The highest BCUT2D eigenvalue weighted by molar-refractivity contribution is 5.79. The summed E-state index contributed by atoms with van der Waals surface area (Å²) in [5, 5.41) is 0. The molecule has 0 atom stereocenters. The molecular formula is C8H10N2O3. The van der Waals surface area contributed by atoms with E-state index in [1.165, 1.54) is 4.68 Å². The highest BCUT2D eigenvalue weighted by Gasteiger charge is 2.03. The molecule has 0 aliphatic carbocycles. The van der Waals surface area contributed by atoms with Gasteiger partial charge in [-0.3, -0.25) is 9.47 Å². The van der Waals surface area contributed by atoms with Gasteiger partial charge in [0.1, 0.15) is 5.69 Å². The lowest BCUT2D eigenvalue weighted by molar-refractivity contribution is 0.111. The number of carbonyl (C=O) groups is 2. The molecule has 5 nitrogen and oxygen atoms in total. The van der Waals surface area contributed by atoms with Crippen molar-refractivity contribution in [3.05, 3.63) is 24.0 Å². The molecule has 0 bridgehead atoms. The van der Waals surface area contributed by atoms with Crippen LogP contribution in [0.4, 0.5) is 4.79 Å². The van der Waals surface area contributed by atoms with Crippen LogP contribution in [0.15, 0.2) is 18.3 Å². The number of nitrogens with zero attached hydrogens (tertiary/aromatic N) is 1. The average Bonchev–Trinajstić information content (AvgIpc) is 2.52. The van der Waals surface area contributed by atoms with Crippen molar-refractivity contribution in [3.63, 3.8) is 0 Å². The summed E-state index contributed by atoms with van der Waals surface area (Å²) in [7, 11) is 0. The molecule has 1 N–H and O–H groups in total. The van der Waals surface area contributed by atoms with E-state index in [-0.39, 0.29) is 0 Å². The van der Waals surface area contributed by atoms with Crippen LogP contribution in [0.25, 0.3) is 0 Å². The molecule has 1 heterocycles. The zero-order valence-electron chi connectivity index (χ0n) is 7.19. The van der Waals surface area contributed by atoms with E-state index in [9.17, 15) is 9.59 Å². The van der Waals surface area contributed by atoms with Gasteiger partial charge in [-0.05, 0) is 19.1 Å². The second-order valence-electron chi connectivity index (χ2n) is 2.25. The van der Waals surface area contributed by atoms with Crippen LogP contribution >= 0.6 is 0 Å². The van der Waals surface area contributed by atoms with Crippen molar-refractivity contribution >= 4 is 12.4 Å². The fourth-order valence-electron chi connectivity index (χ4n) is 0.854. The molecule has 70 valence electrons. The molecule has 0 aliphatic rings. The molecule has 0 saturated heterocycles. The van der Waals surface area contributed by atoms with Crippen molar-refractivity contribution in [2.75, 3.05) is 12.0 Å². The van der Waals surface area contributed by atoms with Crippen LogP contribution in [0.5, 0.6) is 0 Å². The highest BCUT2D eigenvalue weighted by atomic mass is 16.5. The summed E-state index contributed by atoms with van der Waals surface area (Å²) >= 11 is 0. The quantitative estimate of drug-likeness (QED) is 0.709. The van der Waals surface area contributed by atoms with Crippen LogP contribution in [0, 0.1) is 0 Å². The molecule has 1 rings (SSSR count). The Labute approximate surface area is 75.3 Å². The average molecular weight is 182 g/mol. The molecule has 0 unspecified atom stereocenters. The Morgan fingerprint density at radius 2 is 2.54 bits per heavy atom. The minimum Gasteiger partial charge on any atom is -0.449 e. The standard InChI is InChI=1S/C8H10N2O3/c1-2-13-8(12)9-10-5-3-4-7(10)6-11/h3-6H,2H2,1H3,(H,9,12). The normalized spacial score (nSPS) is 9.31. The molecule has 13 heavy (non-hydrogen) atoms. The molecule has 0 saturated carbocycles. The third-order valence-corrected chi connectivity index (χ3v) is 1.39. The molecular weight excluding hydrogens is 172 g/mol. The molecule has 0 radical (unpaired) electrons. The van der Waals surface area contributed by atoms with Gasteiger partial charge in [0, 0.05) is 6.20 Å². The van der Waals surface area contributed by atoms with E-state index in [0.717, 1.165) is 0 Å². The molecule has 0 fully saturated rings. The van der Waals surface area contributed by atoms with Crippen molar-refractivity contribution in [1.29, 1.82) is 0 Å². The third-order valence-electron chi connectivity index (χ3n) is 1.39. The molecule has 0 aromatic carbocycles.